The van der Waals surface area contributed by atoms with E-state index < -0.39 is 11.9 Å². The average Bonchev–Trinajstić information content (AvgIpc) is 3.17. The maximum absolute atomic E-state index is 13.0. The summed E-state index contributed by atoms with van der Waals surface area (Å²) in [6.45, 7) is 3.42. The molecule has 0 saturated carbocycles. The van der Waals surface area contributed by atoms with Gasteiger partial charge in [0.15, 0.2) is 5.82 Å². The fourth-order valence-corrected chi connectivity index (χ4v) is 3.50. The Morgan fingerprint density at radius 2 is 1.81 bits per heavy atom. The molecule has 7 nitrogen and oxygen atoms in total. The van der Waals surface area contributed by atoms with Gasteiger partial charge < -0.3 is 4.90 Å². The molecule has 0 bridgehead atoms. The number of benzene rings is 1. The zero-order valence-corrected chi connectivity index (χ0v) is 17.8. The lowest BCUT2D eigenvalue weighted by atomic mass is 10.1. The van der Waals surface area contributed by atoms with Crippen LogP contribution in [-0.2, 0) is 13.2 Å². The Kier molecular flexibility index (Phi) is 5.15. The molecule has 1 aromatic carbocycles. The molecule has 0 saturated heterocycles. The standard InChI is InChI=1S/C22H19F3N6O/c1-12-9-14(5-6-16(12)30(3)21(32)17-7-8-27-31(17)4)20-26-11-15-19(29-20)13(2)10-18(28-15)22(23,24)25/h5-11H,1-4H3. The number of carbonyl (C=O) groups is 1. The second-order valence-corrected chi connectivity index (χ2v) is 7.46. The van der Waals surface area contributed by atoms with Gasteiger partial charge in [0.1, 0.15) is 16.9 Å². The first-order valence-electron chi connectivity index (χ1n) is 9.65. The topological polar surface area (TPSA) is 76.8 Å². The molecule has 0 N–H and O–H groups in total. The number of halogens is 3. The first-order valence-corrected chi connectivity index (χ1v) is 9.65. The summed E-state index contributed by atoms with van der Waals surface area (Å²) in [5, 5.41) is 4.03. The number of anilines is 1. The summed E-state index contributed by atoms with van der Waals surface area (Å²) in [5.74, 6) is 0.155. The molecule has 0 atom stereocenters. The molecule has 1 amide bonds. The molecule has 0 aliphatic rings. The molecule has 164 valence electrons. The van der Waals surface area contributed by atoms with Crippen molar-refractivity contribution in [3.8, 4) is 11.4 Å². The minimum atomic E-state index is -4.54. The molecule has 0 aliphatic carbocycles. The minimum absolute atomic E-state index is 0.0796. The van der Waals surface area contributed by atoms with Gasteiger partial charge in [0.25, 0.3) is 5.91 Å². The third kappa shape index (κ3) is 3.79. The van der Waals surface area contributed by atoms with E-state index in [4.69, 9.17) is 0 Å². The van der Waals surface area contributed by atoms with E-state index in [9.17, 15) is 18.0 Å². The summed E-state index contributed by atoms with van der Waals surface area (Å²) < 4.78 is 40.6. The van der Waals surface area contributed by atoms with Crippen LogP contribution in [0.15, 0.2) is 42.7 Å². The van der Waals surface area contributed by atoms with Gasteiger partial charge in [-0.3, -0.25) is 9.48 Å². The molecule has 10 heteroatoms. The number of hydrogen-bond acceptors (Lipinski definition) is 5. The molecule has 0 unspecified atom stereocenters. The summed E-state index contributed by atoms with van der Waals surface area (Å²) in [5.41, 5.74) is 2.47. The first kappa shape index (κ1) is 21.4. The minimum Gasteiger partial charge on any atom is -0.310 e. The van der Waals surface area contributed by atoms with Crippen molar-refractivity contribution in [1.29, 1.82) is 0 Å². The lowest BCUT2D eigenvalue weighted by molar-refractivity contribution is -0.141. The molecular formula is C22H19F3N6O. The number of rotatable bonds is 3. The molecule has 4 rings (SSSR count). The van der Waals surface area contributed by atoms with Crippen molar-refractivity contribution < 1.29 is 18.0 Å². The molecule has 0 aliphatic heterocycles. The van der Waals surface area contributed by atoms with Crippen LogP contribution in [0.1, 0.15) is 27.3 Å². The zero-order valence-electron chi connectivity index (χ0n) is 17.8. The molecule has 0 fully saturated rings. The van der Waals surface area contributed by atoms with E-state index in [1.807, 2.05) is 13.0 Å². The molecule has 0 radical (unpaired) electrons. The van der Waals surface area contributed by atoms with Crippen LogP contribution < -0.4 is 4.90 Å². The third-order valence-electron chi connectivity index (χ3n) is 5.19. The highest BCUT2D eigenvalue weighted by molar-refractivity contribution is 6.05. The number of alkyl halides is 3. The van der Waals surface area contributed by atoms with Gasteiger partial charge in [0.2, 0.25) is 0 Å². The number of amides is 1. The number of carbonyl (C=O) groups excluding carboxylic acids is 1. The van der Waals surface area contributed by atoms with Crippen LogP contribution >= 0.6 is 0 Å². The van der Waals surface area contributed by atoms with Crippen molar-refractivity contribution in [2.45, 2.75) is 20.0 Å². The SMILES string of the molecule is Cc1cc(-c2ncc3nc(C(F)(F)F)cc(C)c3n2)ccc1N(C)C(=O)c1ccnn1C. The van der Waals surface area contributed by atoms with Crippen LogP contribution in [0.5, 0.6) is 0 Å². The molecule has 3 aromatic heterocycles. The molecule has 3 heterocycles. The number of pyridine rings is 1. The van der Waals surface area contributed by atoms with E-state index in [1.165, 1.54) is 15.8 Å². The number of aromatic nitrogens is 5. The Balaban J connectivity index is 1.69. The van der Waals surface area contributed by atoms with Gasteiger partial charge in [-0.25, -0.2) is 15.0 Å². The van der Waals surface area contributed by atoms with E-state index in [-0.39, 0.29) is 11.4 Å². The maximum atomic E-state index is 13.0. The van der Waals surface area contributed by atoms with Crippen molar-refractivity contribution in [3.05, 3.63) is 65.2 Å². The molecular weight excluding hydrogens is 421 g/mol. The Morgan fingerprint density at radius 1 is 1.06 bits per heavy atom. The average molecular weight is 440 g/mol. The Morgan fingerprint density at radius 3 is 2.44 bits per heavy atom. The van der Waals surface area contributed by atoms with Gasteiger partial charge in [0.05, 0.1) is 11.7 Å². The molecule has 4 aromatic rings. The van der Waals surface area contributed by atoms with Crippen molar-refractivity contribution in [2.24, 2.45) is 7.05 Å². The highest BCUT2D eigenvalue weighted by Gasteiger charge is 2.33. The highest BCUT2D eigenvalue weighted by Crippen LogP contribution is 2.31. The normalized spacial score (nSPS) is 11.7. The van der Waals surface area contributed by atoms with Crippen molar-refractivity contribution in [3.63, 3.8) is 0 Å². The van der Waals surface area contributed by atoms with Crippen molar-refractivity contribution >= 4 is 22.6 Å². The van der Waals surface area contributed by atoms with E-state index in [0.717, 1.165) is 11.6 Å². The summed E-state index contributed by atoms with van der Waals surface area (Å²) >= 11 is 0. The summed E-state index contributed by atoms with van der Waals surface area (Å²) in [7, 11) is 3.37. The maximum Gasteiger partial charge on any atom is 0.433 e. The summed E-state index contributed by atoms with van der Waals surface area (Å²) in [6.07, 6.45) is -1.69. The van der Waals surface area contributed by atoms with Crippen molar-refractivity contribution in [2.75, 3.05) is 11.9 Å². The summed E-state index contributed by atoms with van der Waals surface area (Å²) in [4.78, 5) is 26.6. The largest absolute Gasteiger partial charge is 0.433 e. The van der Waals surface area contributed by atoms with E-state index in [0.29, 0.717) is 33.8 Å². The fraction of sp³-hybridized carbons (Fsp3) is 0.227. The van der Waals surface area contributed by atoms with Gasteiger partial charge in [-0.15, -0.1) is 0 Å². The Labute approximate surface area is 181 Å². The zero-order chi connectivity index (χ0) is 23.2. The van der Waals surface area contributed by atoms with Crippen LogP contribution in [0.4, 0.5) is 18.9 Å². The monoisotopic (exact) mass is 440 g/mol. The molecule has 32 heavy (non-hydrogen) atoms. The third-order valence-corrected chi connectivity index (χ3v) is 5.19. The van der Waals surface area contributed by atoms with Gasteiger partial charge in [-0.1, -0.05) is 0 Å². The highest BCUT2D eigenvalue weighted by atomic mass is 19.4. The second kappa shape index (κ2) is 7.70. The Bertz CT molecular complexity index is 1350. The van der Waals surface area contributed by atoms with Crippen LogP contribution in [0, 0.1) is 13.8 Å². The van der Waals surface area contributed by atoms with Crippen LogP contribution in [0.3, 0.4) is 0 Å². The number of hydrogen-bond donors (Lipinski definition) is 0. The smallest absolute Gasteiger partial charge is 0.310 e. The van der Waals surface area contributed by atoms with E-state index in [2.05, 4.69) is 20.1 Å². The van der Waals surface area contributed by atoms with Crippen molar-refractivity contribution in [1.82, 2.24) is 24.7 Å². The second-order valence-electron chi connectivity index (χ2n) is 7.46. The van der Waals surface area contributed by atoms with Gasteiger partial charge in [-0.2, -0.15) is 18.3 Å². The van der Waals surface area contributed by atoms with Crippen LogP contribution in [0.25, 0.3) is 22.4 Å². The Hall–Kier alpha value is -3.82. The van der Waals surface area contributed by atoms with E-state index >= 15 is 0 Å². The molecule has 0 spiro atoms. The number of nitrogens with zero attached hydrogens (tertiary/aromatic N) is 6. The quantitative estimate of drug-likeness (QED) is 0.474. The predicted octanol–water partition coefficient (Wildman–Crippen LogP) is 4.34. The number of aryl methyl sites for hydroxylation is 3. The predicted molar refractivity (Wildman–Crippen MR) is 113 cm³/mol. The number of fused-ring (bicyclic) bond motifs is 1. The lowest BCUT2D eigenvalue weighted by Crippen LogP contribution is -2.28. The van der Waals surface area contributed by atoms with Crippen LogP contribution in [0.2, 0.25) is 0 Å². The fourth-order valence-electron chi connectivity index (χ4n) is 3.50. The van der Waals surface area contributed by atoms with Gasteiger partial charge in [-0.05, 0) is 55.3 Å². The summed E-state index contributed by atoms with van der Waals surface area (Å²) in [6, 6.07) is 8.00. The lowest BCUT2D eigenvalue weighted by Gasteiger charge is -2.20. The van der Waals surface area contributed by atoms with Crippen LogP contribution in [-0.4, -0.2) is 37.7 Å². The van der Waals surface area contributed by atoms with Gasteiger partial charge >= 0.3 is 6.18 Å². The van der Waals surface area contributed by atoms with Gasteiger partial charge in [0, 0.05) is 31.5 Å². The van der Waals surface area contributed by atoms with E-state index in [1.54, 1.807) is 45.4 Å². The first-order chi connectivity index (χ1) is 15.1.